The van der Waals surface area contributed by atoms with E-state index in [0.717, 1.165) is 12.0 Å². The molecule has 0 radical (unpaired) electrons. The number of carbonyl (C=O) groups is 2. The van der Waals surface area contributed by atoms with Crippen molar-refractivity contribution in [2.75, 3.05) is 0 Å². The highest BCUT2D eigenvalue weighted by atomic mass is 16.6. The average Bonchev–Trinajstić information content (AvgIpc) is 2.54. The average molecular weight is 218 g/mol. The fourth-order valence-corrected chi connectivity index (χ4v) is 1.94. The molecule has 1 fully saturated rings. The molecule has 1 aromatic carbocycles. The van der Waals surface area contributed by atoms with Gasteiger partial charge in [-0.25, -0.2) is 0 Å². The number of esters is 2. The molecule has 1 aliphatic heterocycles. The molecule has 84 valence electrons. The Balaban J connectivity index is 2.36. The van der Waals surface area contributed by atoms with Gasteiger partial charge >= 0.3 is 11.9 Å². The van der Waals surface area contributed by atoms with E-state index < -0.39 is 17.4 Å². The Morgan fingerprint density at radius 1 is 1.25 bits per heavy atom. The molecule has 2 rings (SSSR count). The maximum Gasteiger partial charge on any atom is 0.324 e. The van der Waals surface area contributed by atoms with Gasteiger partial charge < -0.3 is 4.74 Å². The fraction of sp³-hybridized carbons (Fsp3) is 0.385. The summed E-state index contributed by atoms with van der Waals surface area (Å²) in [6, 6.07) is 7.77. The number of benzene rings is 1. The Morgan fingerprint density at radius 3 is 2.31 bits per heavy atom. The zero-order chi connectivity index (χ0) is 11.8. The van der Waals surface area contributed by atoms with Crippen molar-refractivity contribution in [2.24, 2.45) is 0 Å². The topological polar surface area (TPSA) is 43.4 Å². The highest BCUT2D eigenvalue weighted by Crippen LogP contribution is 2.34. The van der Waals surface area contributed by atoms with Gasteiger partial charge in [0.25, 0.3) is 0 Å². The second-order valence-electron chi connectivity index (χ2n) is 4.32. The third-order valence-electron chi connectivity index (χ3n) is 3.15. The predicted molar refractivity (Wildman–Crippen MR) is 58.9 cm³/mol. The molecule has 0 aromatic heterocycles. The third-order valence-corrected chi connectivity index (χ3v) is 3.15. The Hall–Kier alpha value is -1.64. The molecule has 0 spiro atoms. The van der Waals surface area contributed by atoms with E-state index in [9.17, 15) is 9.59 Å². The van der Waals surface area contributed by atoms with E-state index in [1.54, 1.807) is 6.92 Å². The van der Waals surface area contributed by atoms with Gasteiger partial charge in [0.15, 0.2) is 0 Å². The number of carbonyl (C=O) groups excluding carboxylic acids is 2. The van der Waals surface area contributed by atoms with Crippen molar-refractivity contribution in [1.82, 2.24) is 0 Å². The molecular formula is C13H14O3. The van der Waals surface area contributed by atoms with Gasteiger partial charge in [0.2, 0.25) is 0 Å². The van der Waals surface area contributed by atoms with Gasteiger partial charge in [-0.05, 0) is 24.5 Å². The molecule has 1 aliphatic rings. The molecule has 0 bridgehead atoms. The van der Waals surface area contributed by atoms with Crippen LogP contribution in [0, 0.1) is 0 Å². The SMILES string of the molecule is CCc1ccc(C2(C)CC(=O)OC2=O)cc1. The summed E-state index contributed by atoms with van der Waals surface area (Å²) in [7, 11) is 0. The minimum atomic E-state index is -0.802. The number of hydrogen-bond acceptors (Lipinski definition) is 3. The first kappa shape index (κ1) is 10.9. The van der Waals surface area contributed by atoms with Gasteiger partial charge in [-0.2, -0.15) is 0 Å². The van der Waals surface area contributed by atoms with Gasteiger partial charge in [0.1, 0.15) is 5.41 Å². The van der Waals surface area contributed by atoms with Crippen molar-refractivity contribution in [2.45, 2.75) is 32.1 Å². The summed E-state index contributed by atoms with van der Waals surface area (Å²) in [5.74, 6) is -0.881. The summed E-state index contributed by atoms with van der Waals surface area (Å²) < 4.78 is 4.61. The van der Waals surface area contributed by atoms with Crippen LogP contribution in [0.3, 0.4) is 0 Å². The lowest BCUT2D eigenvalue weighted by Gasteiger charge is -2.18. The van der Waals surface area contributed by atoms with E-state index >= 15 is 0 Å². The van der Waals surface area contributed by atoms with E-state index in [1.165, 1.54) is 5.56 Å². The van der Waals surface area contributed by atoms with Crippen LogP contribution in [0.25, 0.3) is 0 Å². The summed E-state index contributed by atoms with van der Waals surface area (Å²) in [6.45, 7) is 3.82. The van der Waals surface area contributed by atoms with E-state index in [-0.39, 0.29) is 6.42 Å². The van der Waals surface area contributed by atoms with Crippen LogP contribution in [-0.2, 0) is 26.2 Å². The molecule has 1 heterocycles. The van der Waals surface area contributed by atoms with Gasteiger partial charge in [-0.1, -0.05) is 31.2 Å². The van der Waals surface area contributed by atoms with E-state index in [2.05, 4.69) is 11.7 Å². The molecule has 1 aromatic rings. The predicted octanol–water partition coefficient (Wildman–Crippen LogP) is 1.98. The number of aryl methyl sites for hydroxylation is 1. The second-order valence-corrected chi connectivity index (χ2v) is 4.32. The standard InChI is InChI=1S/C13H14O3/c1-3-9-4-6-10(7-5-9)13(2)8-11(14)16-12(13)15/h4-7H,3,8H2,1-2H3. The molecule has 0 N–H and O–H groups in total. The van der Waals surface area contributed by atoms with Crippen molar-refractivity contribution in [3.8, 4) is 0 Å². The molecule has 3 heteroatoms. The molecular weight excluding hydrogens is 204 g/mol. The van der Waals surface area contributed by atoms with Crippen molar-refractivity contribution >= 4 is 11.9 Å². The molecule has 1 saturated heterocycles. The maximum absolute atomic E-state index is 11.6. The first-order valence-corrected chi connectivity index (χ1v) is 5.41. The lowest BCUT2D eigenvalue weighted by Crippen LogP contribution is -2.27. The smallest absolute Gasteiger partial charge is 0.324 e. The first-order valence-electron chi connectivity index (χ1n) is 5.41. The minimum absolute atomic E-state index is 0.136. The highest BCUT2D eigenvalue weighted by molar-refractivity contribution is 6.00. The number of ether oxygens (including phenoxy) is 1. The molecule has 1 unspecified atom stereocenters. The summed E-state index contributed by atoms with van der Waals surface area (Å²) in [6.07, 6.45) is 1.09. The number of hydrogen-bond donors (Lipinski definition) is 0. The van der Waals surface area contributed by atoms with Crippen LogP contribution in [0.2, 0.25) is 0 Å². The van der Waals surface area contributed by atoms with E-state index in [0.29, 0.717) is 0 Å². The van der Waals surface area contributed by atoms with Crippen molar-refractivity contribution in [3.05, 3.63) is 35.4 Å². The van der Waals surface area contributed by atoms with Gasteiger partial charge in [-0.15, -0.1) is 0 Å². The fourth-order valence-electron chi connectivity index (χ4n) is 1.94. The summed E-state index contributed by atoms with van der Waals surface area (Å²) in [5, 5.41) is 0. The van der Waals surface area contributed by atoms with Crippen LogP contribution in [0.4, 0.5) is 0 Å². The van der Waals surface area contributed by atoms with Gasteiger partial charge in [-0.3, -0.25) is 9.59 Å². The lowest BCUT2D eigenvalue weighted by atomic mass is 9.81. The largest absolute Gasteiger partial charge is 0.392 e. The number of cyclic esters (lactones) is 2. The maximum atomic E-state index is 11.6. The van der Waals surface area contributed by atoms with Gasteiger partial charge in [0, 0.05) is 0 Å². The van der Waals surface area contributed by atoms with Crippen LogP contribution in [-0.4, -0.2) is 11.9 Å². The Bertz CT molecular complexity index is 433. The van der Waals surface area contributed by atoms with Gasteiger partial charge in [0.05, 0.1) is 6.42 Å². The first-order chi connectivity index (χ1) is 7.56. The molecule has 0 aliphatic carbocycles. The molecule has 3 nitrogen and oxygen atoms in total. The Kier molecular flexibility index (Phi) is 2.54. The van der Waals surface area contributed by atoms with Crippen LogP contribution in [0.5, 0.6) is 0 Å². The van der Waals surface area contributed by atoms with Crippen LogP contribution < -0.4 is 0 Å². The molecule has 0 saturated carbocycles. The summed E-state index contributed by atoms with van der Waals surface area (Å²) in [4.78, 5) is 22.7. The molecule has 16 heavy (non-hydrogen) atoms. The Labute approximate surface area is 94.4 Å². The second kappa shape index (κ2) is 3.74. The van der Waals surface area contributed by atoms with E-state index in [1.807, 2.05) is 24.3 Å². The Morgan fingerprint density at radius 2 is 1.88 bits per heavy atom. The minimum Gasteiger partial charge on any atom is -0.392 e. The van der Waals surface area contributed by atoms with E-state index in [4.69, 9.17) is 0 Å². The highest BCUT2D eigenvalue weighted by Gasteiger charge is 2.46. The monoisotopic (exact) mass is 218 g/mol. The van der Waals surface area contributed by atoms with Crippen molar-refractivity contribution in [3.63, 3.8) is 0 Å². The van der Waals surface area contributed by atoms with Crippen LogP contribution in [0.15, 0.2) is 24.3 Å². The van der Waals surface area contributed by atoms with Crippen LogP contribution >= 0.6 is 0 Å². The van der Waals surface area contributed by atoms with Crippen molar-refractivity contribution < 1.29 is 14.3 Å². The van der Waals surface area contributed by atoms with Crippen LogP contribution in [0.1, 0.15) is 31.4 Å². The summed E-state index contributed by atoms with van der Waals surface area (Å²) >= 11 is 0. The third kappa shape index (κ3) is 1.62. The quantitative estimate of drug-likeness (QED) is 0.563. The lowest BCUT2D eigenvalue weighted by molar-refractivity contribution is -0.153. The number of rotatable bonds is 2. The normalized spacial score (nSPS) is 24.6. The van der Waals surface area contributed by atoms with Crippen molar-refractivity contribution in [1.29, 1.82) is 0 Å². The summed E-state index contributed by atoms with van der Waals surface area (Å²) in [5.41, 5.74) is 1.26. The zero-order valence-electron chi connectivity index (χ0n) is 9.45. The zero-order valence-corrected chi connectivity index (χ0v) is 9.45. The molecule has 0 amide bonds. The molecule has 1 atom stereocenters.